The van der Waals surface area contributed by atoms with Crippen LogP contribution in [0.5, 0.6) is 0 Å². The summed E-state index contributed by atoms with van der Waals surface area (Å²) in [5.41, 5.74) is 1.18. The van der Waals surface area contributed by atoms with Crippen LogP contribution in [0.2, 0.25) is 0 Å². The average molecular weight is 322 g/mol. The molecule has 3 aromatic rings. The second kappa shape index (κ2) is 6.51. The molecule has 2 heterocycles. The SMILES string of the molecule is O=C(CCn1ccc2ccccc21)N[C@@H]1CCC[C@@H]1n1ccnc1. The van der Waals surface area contributed by atoms with Crippen molar-refractivity contribution in [1.82, 2.24) is 19.4 Å². The van der Waals surface area contributed by atoms with Gasteiger partial charge in [0, 0.05) is 43.1 Å². The van der Waals surface area contributed by atoms with E-state index < -0.39 is 0 Å². The smallest absolute Gasteiger partial charge is 0.222 e. The number of rotatable bonds is 5. The minimum absolute atomic E-state index is 0.129. The van der Waals surface area contributed by atoms with Gasteiger partial charge in [-0.1, -0.05) is 18.2 Å². The van der Waals surface area contributed by atoms with E-state index in [1.165, 1.54) is 10.9 Å². The summed E-state index contributed by atoms with van der Waals surface area (Å²) in [6.45, 7) is 0.710. The molecule has 4 rings (SSSR count). The molecule has 5 nitrogen and oxygen atoms in total. The van der Waals surface area contributed by atoms with Gasteiger partial charge in [0.25, 0.3) is 0 Å². The Bertz CT molecular complexity index is 821. The lowest BCUT2D eigenvalue weighted by Crippen LogP contribution is -2.38. The number of aryl methyl sites for hydroxylation is 1. The molecule has 0 saturated heterocycles. The molecule has 0 unspecified atom stereocenters. The van der Waals surface area contributed by atoms with Crippen molar-refractivity contribution in [2.24, 2.45) is 0 Å². The molecule has 1 saturated carbocycles. The molecule has 0 bridgehead atoms. The summed E-state index contributed by atoms with van der Waals surface area (Å²) < 4.78 is 4.27. The first-order chi connectivity index (χ1) is 11.8. The van der Waals surface area contributed by atoms with Gasteiger partial charge in [-0.3, -0.25) is 4.79 Å². The summed E-state index contributed by atoms with van der Waals surface area (Å²) in [7, 11) is 0. The number of hydrogen-bond donors (Lipinski definition) is 1. The number of hydrogen-bond acceptors (Lipinski definition) is 2. The number of amides is 1. The average Bonchev–Trinajstić information content (AvgIpc) is 3.33. The van der Waals surface area contributed by atoms with Crippen LogP contribution in [0.1, 0.15) is 31.7 Å². The van der Waals surface area contributed by atoms with Crippen LogP contribution < -0.4 is 5.32 Å². The zero-order chi connectivity index (χ0) is 16.4. The number of carbonyl (C=O) groups is 1. The van der Waals surface area contributed by atoms with Crippen molar-refractivity contribution in [2.45, 2.75) is 44.3 Å². The highest BCUT2D eigenvalue weighted by Gasteiger charge is 2.29. The molecule has 1 N–H and O–H groups in total. The van der Waals surface area contributed by atoms with Gasteiger partial charge < -0.3 is 14.5 Å². The topological polar surface area (TPSA) is 51.9 Å². The van der Waals surface area contributed by atoms with Gasteiger partial charge in [-0.2, -0.15) is 0 Å². The van der Waals surface area contributed by atoms with Crippen molar-refractivity contribution in [3.8, 4) is 0 Å². The molecule has 2 aromatic heterocycles. The first kappa shape index (κ1) is 15.0. The highest BCUT2D eigenvalue weighted by Crippen LogP contribution is 2.30. The quantitative estimate of drug-likeness (QED) is 0.784. The number of carbonyl (C=O) groups excluding carboxylic acids is 1. The molecule has 0 spiro atoms. The number of para-hydroxylation sites is 1. The fraction of sp³-hybridized carbons (Fsp3) is 0.368. The van der Waals surface area contributed by atoms with Gasteiger partial charge >= 0.3 is 0 Å². The van der Waals surface area contributed by atoms with Gasteiger partial charge in [0.1, 0.15) is 0 Å². The summed E-state index contributed by atoms with van der Waals surface area (Å²) in [4.78, 5) is 16.5. The Morgan fingerprint density at radius 3 is 3.00 bits per heavy atom. The monoisotopic (exact) mass is 322 g/mol. The number of aromatic nitrogens is 3. The van der Waals surface area contributed by atoms with Gasteiger partial charge in [0.05, 0.1) is 12.4 Å². The number of nitrogens with one attached hydrogen (secondary N) is 1. The highest BCUT2D eigenvalue weighted by atomic mass is 16.1. The zero-order valence-electron chi connectivity index (χ0n) is 13.6. The lowest BCUT2D eigenvalue weighted by Gasteiger charge is -2.22. The first-order valence-corrected chi connectivity index (χ1v) is 8.62. The summed E-state index contributed by atoms with van der Waals surface area (Å²) >= 11 is 0. The number of nitrogens with zero attached hydrogens (tertiary/aromatic N) is 3. The third-order valence-electron chi connectivity index (χ3n) is 4.99. The van der Waals surface area contributed by atoms with E-state index in [1.54, 1.807) is 6.20 Å². The lowest BCUT2D eigenvalue weighted by atomic mass is 10.1. The van der Waals surface area contributed by atoms with Crippen LogP contribution in [0.15, 0.2) is 55.2 Å². The molecule has 0 radical (unpaired) electrons. The maximum Gasteiger partial charge on any atom is 0.222 e. The van der Waals surface area contributed by atoms with E-state index >= 15 is 0 Å². The second-order valence-corrected chi connectivity index (χ2v) is 6.50. The molecule has 1 aromatic carbocycles. The molecule has 24 heavy (non-hydrogen) atoms. The van der Waals surface area contributed by atoms with Crippen LogP contribution in [0.3, 0.4) is 0 Å². The van der Waals surface area contributed by atoms with E-state index in [2.05, 4.69) is 43.8 Å². The summed E-state index contributed by atoms with van der Waals surface area (Å²) in [5, 5.41) is 4.44. The summed E-state index contributed by atoms with van der Waals surface area (Å²) in [6, 6.07) is 10.9. The van der Waals surface area contributed by atoms with E-state index in [0.29, 0.717) is 19.0 Å². The largest absolute Gasteiger partial charge is 0.351 e. The zero-order valence-corrected chi connectivity index (χ0v) is 13.6. The Labute approximate surface area is 141 Å². The molecular formula is C19H22N4O. The van der Waals surface area contributed by atoms with E-state index in [0.717, 1.165) is 19.3 Å². The predicted molar refractivity (Wildman–Crippen MR) is 93.6 cm³/mol. The number of imidazole rings is 1. The molecule has 5 heteroatoms. The molecule has 124 valence electrons. The molecule has 1 aliphatic carbocycles. The van der Waals surface area contributed by atoms with E-state index in [9.17, 15) is 4.79 Å². The maximum absolute atomic E-state index is 12.4. The Morgan fingerprint density at radius 1 is 1.21 bits per heavy atom. The third kappa shape index (κ3) is 2.94. The van der Waals surface area contributed by atoms with Crippen LogP contribution in [0.25, 0.3) is 10.9 Å². The van der Waals surface area contributed by atoms with Gasteiger partial charge in [-0.25, -0.2) is 4.98 Å². The first-order valence-electron chi connectivity index (χ1n) is 8.62. The summed E-state index contributed by atoms with van der Waals surface area (Å²) in [6.07, 6.45) is 11.5. The van der Waals surface area contributed by atoms with Crippen molar-refractivity contribution in [2.75, 3.05) is 0 Å². The Hall–Kier alpha value is -2.56. The Balaban J connectivity index is 1.36. The van der Waals surface area contributed by atoms with Gasteiger partial charge in [-0.15, -0.1) is 0 Å². The molecular weight excluding hydrogens is 300 g/mol. The van der Waals surface area contributed by atoms with Crippen LogP contribution in [0.4, 0.5) is 0 Å². The standard InChI is InChI=1S/C19H22N4O/c24-19(9-12-22-11-8-15-4-1-2-6-17(15)22)21-16-5-3-7-18(16)23-13-10-20-14-23/h1-2,4,6,8,10-11,13-14,16,18H,3,5,7,9,12H2,(H,21,24)/t16-,18+/m1/s1. The van der Waals surface area contributed by atoms with E-state index in [-0.39, 0.29) is 11.9 Å². The van der Waals surface area contributed by atoms with Gasteiger partial charge in [-0.05, 0) is 36.8 Å². The maximum atomic E-state index is 12.4. The normalized spacial score (nSPS) is 20.5. The van der Waals surface area contributed by atoms with Crippen molar-refractivity contribution >= 4 is 16.8 Å². The highest BCUT2D eigenvalue weighted by molar-refractivity contribution is 5.80. The van der Waals surface area contributed by atoms with Crippen molar-refractivity contribution in [3.05, 3.63) is 55.2 Å². The molecule has 0 aliphatic heterocycles. The van der Waals surface area contributed by atoms with Crippen LogP contribution >= 0.6 is 0 Å². The van der Waals surface area contributed by atoms with E-state index in [1.807, 2.05) is 24.7 Å². The second-order valence-electron chi connectivity index (χ2n) is 6.50. The lowest BCUT2D eigenvalue weighted by molar-refractivity contribution is -0.122. The van der Waals surface area contributed by atoms with Crippen LogP contribution in [0, 0.1) is 0 Å². The van der Waals surface area contributed by atoms with Crippen LogP contribution in [-0.4, -0.2) is 26.1 Å². The molecule has 1 aliphatic rings. The fourth-order valence-corrected chi connectivity index (χ4v) is 3.77. The Kier molecular flexibility index (Phi) is 4.07. The predicted octanol–water partition coefficient (Wildman–Crippen LogP) is 3.14. The summed E-state index contributed by atoms with van der Waals surface area (Å²) in [5.74, 6) is 0.129. The van der Waals surface area contributed by atoms with Crippen LogP contribution in [-0.2, 0) is 11.3 Å². The van der Waals surface area contributed by atoms with Gasteiger partial charge in [0.15, 0.2) is 0 Å². The molecule has 1 fully saturated rings. The van der Waals surface area contributed by atoms with Gasteiger partial charge in [0.2, 0.25) is 5.91 Å². The van der Waals surface area contributed by atoms with Crippen molar-refractivity contribution < 1.29 is 4.79 Å². The van der Waals surface area contributed by atoms with Crippen molar-refractivity contribution in [3.63, 3.8) is 0 Å². The third-order valence-corrected chi connectivity index (χ3v) is 4.99. The number of benzene rings is 1. The fourth-order valence-electron chi connectivity index (χ4n) is 3.77. The number of fused-ring (bicyclic) bond motifs is 1. The van der Waals surface area contributed by atoms with Crippen molar-refractivity contribution in [1.29, 1.82) is 0 Å². The molecule has 2 atom stereocenters. The minimum Gasteiger partial charge on any atom is -0.351 e. The molecule has 1 amide bonds. The van der Waals surface area contributed by atoms with E-state index in [4.69, 9.17) is 0 Å². The Morgan fingerprint density at radius 2 is 2.12 bits per heavy atom. The minimum atomic E-state index is 0.129.